The third-order valence-corrected chi connectivity index (χ3v) is 12.9. The van der Waals surface area contributed by atoms with Gasteiger partial charge in [0.15, 0.2) is 0 Å². The van der Waals surface area contributed by atoms with E-state index in [4.69, 9.17) is 0 Å². The summed E-state index contributed by atoms with van der Waals surface area (Å²) in [6.07, 6.45) is 0. The van der Waals surface area contributed by atoms with Crippen molar-refractivity contribution in [3.63, 3.8) is 0 Å². The van der Waals surface area contributed by atoms with Gasteiger partial charge in [0.05, 0.1) is 0 Å². The number of fused-ring (bicyclic) bond motifs is 4. The number of hydrogen-bond acceptors (Lipinski definition) is 2. The quantitative estimate of drug-likeness (QED) is 0.148. The summed E-state index contributed by atoms with van der Waals surface area (Å²) in [5.41, 5.74) is 22.8. The first-order valence-corrected chi connectivity index (χ1v) is 21.8. The average Bonchev–Trinajstić information content (AvgIpc) is 3.37. The molecule has 0 amide bonds. The standard InChI is InChI=1S/C60H41BN2/c1-6-16-42(17-7-1)47-26-32-52(33-27-47)62-56-38-49(44-20-10-3-11-21-44)30-36-54(56)61-55-37-31-50(45-22-12-4-13-23-45)39-57(55)63(53-34-28-48(29-35-53)43-18-8-2-9-19-43)59-41-51(40-58(62)60(59)61)46-24-14-5-15-25-46/h1-41H. The van der Waals surface area contributed by atoms with Crippen molar-refractivity contribution in [3.8, 4) is 55.6 Å². The highest BCUT2D eigenvalue weighted by molar-refractivity contribution is 7.00. The Balaban J connectivity index is 1.14. The molecule has 10 aromatic rings. The fourth-order valence-electron chi connectivity index (χ4n) is 9.83. The van der Waals surface area contributed by atoms with Crippen LogP contribution in [0.3, 0.4) is 0 Å². The summed E-state index contributed by atoms with van der Waals surface area (Å²) >= 11 is 0. The van der Waals surface area contributed by atoms with Crippen LogP contribution in [-0.4, -0.2) is 6.71 Å². The fraction of sp³-hybridized carbons (Fsp3) is 0. The molecule has 10 aromatic carbocycles. The van der Waals surface area contributed by atoms with Crippen LogP contribution in [0.5, 0.6) is 0 Å². The maximum atomic E-state index is 2.53. The first-order valence-electron chi connectivity index (χ1n) is 21.8. The highest BCUT2D eigenvalue weighted by Crippen LogP contribution is 2.47. The minimum atomic E-state index is -0.0147. The number of hydrogen-bond donors (Lipinski definition) is 0. The third kappa shape index (κ3) is 6.45. The highest BCUT2D eigenvalue weighted by atomic mass is 15.2. The zero-order chi connectivity index (χ0) is 41.7. The van der Waals surface area contributed by atoms with Crippen LogP contribution in [0.25, 0.3) is 55.6 Å². The smallest absolute Gasteiger partial charge is 0.252 e. The van der Waals surface area contributed by atoms with Gasteiger partial charge in [0.2, 0.25) is 0 Å². The van der Waals surface area contributed by atoms with Crippen molar-refractivity contribution in [2.75, 3.05) is 9.80 Å². The van der Waals surface area contributed by atoms with Crippen LogP contribution in [0.15, 0.2) is 249 Å². The second-order valence-corrected chi connectivity index (χ2v) is 16.5. The normalized spacial score (nSPS) is 12.3. The molecule has 0 spiro atoms. The molecule has 2 aliphatic heterocycles. The molecule has 12 rings (SSSR count). The predicted molar refractivity (Wildman–Crippen MR) is 268 cm³/mol. The number of rotatable bonds is 7. The van der Waals surface area contributed by atoms with E-state index in [0.717, 1.165) is 11.4 Å². The SMILES string of the molecule is c1ccc(-c2ccc(N3c4cc(-c5ccccc5)ccc4B4c5ccc(-c6ccccc6)cc5N(c5ccc(-c6ccccc6)cc5)c5cc(-c6ccccc6)cc3c54)cc2)cc1. The number of anilines is 6. The predicted octanol–water partition coefficient (Wildman–Crippen LogP) is 14.1. The number of benzene rings is 10. The lowest BCUT2D eigenvalue weighted by atomic mass is 9.33. The molecule has 2 nitrogen and oxygen atoms in total. The number of nitrogens with zero attached hydrogens (tertiary/aromatic N) is 2. The minimum absolute atomic E-state index is 0.0147. The molecule has 0 fully saturated rings. The van der Waals surface area contributed by atoms with Gasteiger partial charge in [0.1, 0.15) is 0 Å². The highest BCUT2D eigenvalue weighted by Gasteiger charge is 2.44. The maximum absolute atomic E-state index is 2.53. The van der Waals surface area contributed by atoms with Crippen LogP contribution in [0.4, 0.5) is 34.1 Å². The van der Waals surface area contributed by atoms with Crippen molar-refractivity contribution in [1.82, 2.24) is 0 Å². The van der Waals surface area contributed by atoms with E-state index in [2.05, 4.69) is 259 Å². The molecule has 2 heterocycles. The Hall–Kier alpha value is -8.14. The molecule has 0 N–H and O–H groups in total. The first kappa shape index (κ1) is 36.7. The van der Waals surface area contributed by atoms with E-state index in [1.807, 2.05) is 0 Å². The molecule has 0 aromatic heterocycles. The molecule has 0 aliphatic carbocycles. The molecule has 3 heteroatoms. The zero-order valence-corrected chi connectivity index (χ0v) is 34.6. The van der Waals surface area contributed by atoms with Gasteiger partial charge in [-0.15, -0.1) is 0 Å². The fourth-order valence-corrected chi connectivity index (χ4v) is 9.83. The minimum Gasteiger partial charge on any atom is -0.311 e. The van der Waals surface area contributed by atoms with Crippen LogP contribution in [-0.2, 0) is 0 Å². The lowest BCUT2D eigenvalue weighted by molar-refractivity contribution is 1.25. The van der Waals surface area contributed by atoms with Crippen molar-refractivity contribution in [1.29, 1.82) is 0 Å². The second-order valence-electron chi connectivity index (χ2n) is 16.5. The largest absolute Gasteiger partial charge is 0.311 e. The molecule has 0 bridgehead atoms. The molecule has 2 aliphatic rings. The van der Waals surface area contributed by atoms with Crippen LogP contribution < -0.4 is 26.2 Å². The molecule has 0 saturated heterocycles. The van der Waals surface area contributed by atoms with Crippen LogP contribution in [0.2, 0.25) is 0 Å². The Labute approximate surface area is 369 Å². The lowest BCUT2D eigenvalue weighted by Gasteiger charge is -2.44. The van der Waals surface area contributed by atoms with Crippen molar-refractivity contribution < 1.29 is 0 Å². The monoisotopic (exact) mass is 800 g/mol. The van der Waals surface area contributed by atoms with Crippen molar-refractivity contribution in [2.24, 2.45) is 0 Å². The van der Waals surface area contributed by atoms with Crippen LogP contribution in [0, 0.1) is 0 Å². The van der Waals surface area contributed by atoms with Crippen molar-refractivity contribution >= 4 is 57.2 Å². The average molecular weight is 801 g/mol. The van der Waals surface area contributed by atoms with E-state index >= 15 is 0 Å². The van der Waals surface area contributed by atoms with Gasteiger partial charge in [-0.25, -0.2) is 0 Å². The summed E-state index contributed by atoms with van der Waals surface area (Å²) in [7, 11) is 0. The summed E-state index contributed by atoms with van der Waals surface area (Å²) in [6.45, 7) is -0.0147. The Morgan fingerprint density at radius 1 is 0.222 bits per heavy atom. The lowest BCUT2D eigenvalue weighted by Crippen LogP contribution is -2.61. The third-order valence-electron chi connectivity index (χ3n) is 12.9. The van der Waals surface area contributed by atoms with E-state index in [0.29, 0.717) is 0 Å². The van der Waals surface area contributed by atoms with Gasteiger partial charge in [-0.1, -0.05) is 200 Å². The van der Waals surface area contributed by atoms with Gasteiger partial charge >= 0.3 is 0 Å². The first-order chi connectivity index (χ1) is 31.2. The molecular formula is C60H41BN2. The van der Waals surface area contributed by atoms with Gasteiger partial charge in [-0.2, -0.15) is 0 Å². The summed E-state index contributed by atoms with van der Waals surface area (Å²) < 4.78 is 0. The van der Waals surface area contributed by atoms with E-state index in [9.17, 15) is 0 Å². The summed E-state index contributed by atoms with van der Waals surface area (Å²) in [4.78, 5) is 5.05. The van der Waals surface area contributed by atoms with Gasteiger partial charge in [-0.3, -0.25) is 0 Å². The molecular weight excluding hydrogens is 759 g/mol. The van der Waals surface area contributed by atoms with E-state index in [1.165, 1.54) is 94.8 Å². The Kier molecular flexibility index (Phi) is 8.97. The molecule has 0 atom stereocenters. The molecule has 0 saturated carbocycles. The van der Waals surface area contributed by atoms with Gasteiger partial charge < -0.3 is 9.80 Å². The molecule has 0 radical (unpaired) electrons. The Morgan fingerprint density at radius 2 is 0.492 bits per heavy atom. The van der Waals surface area contributed by atoms with E-state index in [-0.39, 0.29) is 6.71 Å². The van der Waals surface area contributed by atoms with Gasteiger partial charge in [0.25, 0.3) is 6.71 Å². The van der Waals surface area contributed by atoms with Gasteiger partial charge in [-0.05, 0) is 121 Å². The topological polar surface area (TPSA) is 6.48 Å². The Bertz CT molecular complexity index is 3040. The summed E-state index contributed by atoms with van der Waals surface area (Å²) in [5.74, 6) is 0. The van der Waals surface area contributed by atoms with E-state index < -0.39 is 0 Å². The zero-order valence-electron chi connectivity index (χ0n) is 34.6. The van der Waals surface area contributed by atoms with Crippen LogP contribution >= 0.6 is 0 Å². The molecule has 294 valence electrons. The van der Waals surface area contributed by atoms with Crippen LogP contribution in [0.1, 0.15) is 0 Å². The summed E-state index contributed by atoms with van der Waals surface area (Å²) in [6, 6.07) is 91.1. The molecule has 63 heavy (non-hydrogen) atoms. The Morgan fingerprint density at radius 3 is 0.841 bits per heavy atom. The van der Waals surface area contributed by atoms with Crippen molar-refractivity contribution in [2.45, 2.75) is 0 Å². The van der Waals surface area contributed by atoms with Gasteiger partial charge in [0, 0.05) is 34.1 Å². The maximum Gasteiger partial charge on any atom is 0.252 e. The van der Waals surface area contributed by atoms with Crippen molar-refractivity contribution in [3.05, 3.63) is 249 Å². The second kappa shape index (κ2) is 15.4. The summed E-state index contributed by atoms with van der Waals surface area (Å²) in [5, 5.41) is 0. The molecule has 0 unspecified atom stereocenters. The van der Waals surface area contributed by atoms with E-state index in [1.54, 1.807) is 0 Å².